The van der Waals surface area contributed by atoms with Gasteiger partial charge in [-0.3, -0.25) is 0 Å². The number of hydrogen-bond donors (Lipinski definition) is 1. The first-order chi connectivity index (χ1) is 9.41. The van der Waals surface area contributed by atoms with Crippen molar-refractivity contribution >= 4 is 12.6 Å². The Bertz CT molecular complexity index is 188. The van der Waals surface area contributed by atoms with E-state index in [0.29, 0.717) is 46.2 Å². The first-order valence-electron chi connectivity index (χ1n) is 6.98. The molecule has 0 N–H and O–H groups in total. The van der Waals surface area contributed by atoms with E-state index in [0.717, 1.165) is 18.8 Å². The van der Waals surface area contributed by atoms with E-state index in [4.69, 9.17) is 18.9 Å². The van der Waals surface area contributed by atoms with Gasteiger partial charge in [0.15, 0.2) is 0 Å². The average molecular weight is 292 g/mol. The first kappa shape index (κ1) is 18.9. The van der Waals surface area contributed by atoms with Crippen molar-refractivity contribution in [2.45, 2.75) is 19.8 Å². The second-order valence-corrected chi connectivity index (χ2v) is 4.28. The normalized spacial score (nSPS) is 11.5. The molecule has 4 nitrogen and oxygen atoms in total. The Morgan fingerprint density at radius 1 is 0.737 bits per heavy atom. The lowest BCUT2D eigenvalue weighted by Gasteiger charge is -2.06. The van der Waals surface area contributed by atoms with Crippen LogP contribution >= 0.6 is 12.6 Å². The lowest BCUT2D eigenvalue weighted by molar-refractivity contribution is 0.000629. The summed E-state index contributed by atoms with van der Waals surface area (Å²) in [5, 5.41) is 0. The number of ether oxygens (including phenoxy) is 4. The Kier molecular flexibility index (Phi) is 17.9. The summed E-state index contributed by atoms with van der Waals surface area (Å²) < 4.78 is 21.4. The number of rotatable bonds is 15. The maximum Gasteiger partial charge on any atom is 0.0704 e. The van der Waals surface area contributed by atoms with Crippen LogP contribution in [0.4, 0.5) is 0 Å². The summed E-state index contributed by atoms with van der Waals surface area (Å²) in [6, 6.07) is 0. The average Bonchev–Trinajstić information content (AvgIpc) is 2.43. The molecule has 0 heterocycles. The zero-order valence-corrected chi connectivity index (χ0v) is 12.9. The van der Waals surface area contributed by atoms with E-state index < -0.39 is 0 Å². The van der Waals surface area contributed by atoms with Crippen molar-refractivity contribution < 1.29 is 18.9 Å². The molecular formula is C14H28O4S. The van der Waals surface area contributed by atoms with E-state index in [9.17, 15) is 0 Å². The van der Waals surface area contributed by atoms with Crippen molar-refractivity contribution in [2.75, 3.05) is 58.6 Å². The molecule has 0 amide bonds. The summed E-state index contributed by atoms with van der Waals surface area (Å²) in [6.07, 6.45) is 6.20. The molecular weight excluding hydrogens is 264 g/mol. The van der Waals surface area contributed by atoms with Gasteiger partial charge in [-0.15, -0.1) is 0 Å². The largest absolute Gasteiger partial charge is 0.379 e. The topological polar surface area (TPSA) is 36.9 Å². The van der Waals surface area contributed by atoms with E-state index >= 15 is 0 Å². The second-order valence-electron chi connectivity index (χ2n) is 3.92. The summed E-state index contributed by atoms with van der Waals surface area (Å²) in [4.78, 5) is 0. The van der Waals surface area contributed by atoms with Crippen molar-refractivity contribution in [3.05, 3.63) is 12.2 Å². The van der Waals surface area contributed by atoms with Gasteiger partial charge in [-0.05, 0) is 6.42 Å². The molecule has 0 rings (SSSR count). The molecule has 0 aliphatic carbocycles. The van der Waals surface area contributed by atoms with Gasteiger partial charge in [0.2, 0.25) is 0 Å². The van der Waals surface area contributed by atoms with Gasteiger partial charge in [0.25, 0.3) is 0 Å². The molecule has 0 spiro atoms. The lowest BCUT2D eigenvalue weighted by Crippen LogP contribution is -2.12. The van der Waals surface area contributed by atoms with Crippen molar-refractivity contribution in [3.63, 3.8) is 0 Å². The van der Waals surface area contributed by atoms with Crippen LogP contribution in [-0.2, 0) is 18.9 Å². The molecule has 0 radical (unpaired) electrons. The summed E-state index contributed by atoms with van der Waals surface area (Å²) in [5.74, 6) is 0.749. The van der Waals surface area contributed by atoms with Crippen molar-refractivity contribution in [1.82, 2.24) is 0 Å². The van der Waals surface area contributed by atoms with Gasteiger partial charge < -0.3 is 18.9 Å². The Labute approximate surface area is 122 Å². The molecule has 114 valence electrons. The smallest absolute Gasteiger partial charge is 0.0704 e. The van der Waals surface area contributed by atoms with Gasteiger partial charge >= 0.3 is 0 Å². The molecule has 19 heavy (non-hydrogen) atoms. The van der Waals surface area contributed by atoms with E-state index in [1.807, 2.05) is 12.2 Å². The lowest BCUT2D eigenvalue weighted by atomic mass is 10.4. The predicted octanol–water partition coefficient (Wildman–Crippen LogP) is 2.34. The second kappa shape index (κ2) is 17.9. The van der Waals surface area contributed by atoms with Crippen LogP contribution in [0.5, 0.6) is 0 Å². The number of thiol groups is 1. The van der Waals surface area contributed by atoms with E-state index in [-0.39, 0.29) is 0 Å². The summed E-state index contributed by atoms with van der Waals surface area (Å²) in [6.45, 7) is 7.32. The molecule has 0 aromatic heterocycles. The monoisotopic (exact) mass is 292 g/mol. The van der Waals surface area contributed by atoms with Gasteiger partial charge in [0.05, 0.1) is 46.2 Å². The van der Waals surface area contributed by atoms with Crippen molar-refractivity contribution in [1.29, 1.82) is 0 Å². The molecule has 0 aliphatic heterocycles. The fourth-order valence-corrected chi connectivity index (χ4v) is 1.35. The van der Waals surface area contributed by atoms with Gasteiger partial charge in [-0.1, -0.05) is 25.5 Å². The minimum Gasteiger partial charge on any atom is -0.379 e. The molecule has 5 heteroatoms. The summed E-state index contributed by atoms with van der Waals surface area (Å²) in [5.41, 5.74) is 0. The highest BCUT2D eigenvalue weighted by Crippen LogP contribution is 1.88. The fraction of sp³-hybridized carbons (Fsp3) is 0.857. The zero-order valence-electron chi connectivity index (χ0n) is 12.0. The molecule has 0 fully saturated rings. The molecule has 0 aromatic carbocycles. The third-order valence-electron chi connectivity index (χ3n) is 2.24. The molecule has 0 saturated heterocycles. The van der Waals surface area contributed by atoms with Crippen LogP contribution < -0.4 is 0 Å². The zero-order chi connectivity index (χ0) is 14.0. The molecule has 0 atom stereocenters. The maximum atomic E-state index is 5.37. The number of hydrogen-bond acceptors (Lipinski definition) is 5. The van der Waals surface area contributed by atoms with E-state index in [2.05, 4.69) is 19.6 Å². The van der Waals surface area contributed by atoms with E-state index in [1.54, 1.807) is 0 Å². The van der Waals surface area contributed by atoms with Crippen LogP contribution in [0.3, 0.4) is 0 Å². The van der Waals surface area contributed by atoms with Crippen LogP contribution in [0.1, 0.15) is 19.8 Å². The molecule has 0 aromatic rings. The highest BCUT2D eigenvalue weighted by molar-refractivity contribution is 7.80. The minimum absolute atomic E-state index is 0.602. The standard InChI is InChI=1S/C14H28O4S/c1-2-3-6-15-8-10-17-12-13-18-11-9-16-7-4-5-14-19/h4-5,19H,2-3,6-14H2,1H3/b5-4+. The third-order valence-corrected chi connectivity index (χ3v) is 2.46. The molecule has 0 saturated carbocycles. The Hall–Kier alpha value is -0.0700. The fourth-order valence-electron chi connectivity index (χ4n) is 1.20. The molecule has 0 bridgehead atoms. The Morgan fingerprint density at radius 3 is 1.79 bits per heavy atom. The van der Waals surface area contributed by atoms with E-state index in [1.165, 1.54) is 6.42 Å². The van der Waals surface area contributed by atoms with Crippen LogP contribution in [0, 0.1) is 0 Å². The van der Waals surface area contributed by atoms with Crippen LogP contribution in [-0.4, -0.2) is 58.6 Å². The van der Waals surface area contributed by atoms with Gasteiger partial charge in [-0.25, -0.2) is 0 Å². The summed E-state index contributed by atoms with van der Waals surface area (Å²) >= 11 is 4.05. The molecule has 0 aliphatic rings. The quantitative estimate of drug-likeness (QED) is 0.285. The first-order valence-corrected chi connectivity index (χ1v) is 7.62. The van der Waals surface area contributed by atoms with Crippen LogP contribution in [0.25, 0.3) is 0 Å². The minimum atomic E-state index is 0.602. The molecule has 0 unspecified atom stereocenters. The third kappa shape index (κ3) is 17.9. The van der Waals surface area contributed by atoms with Gasteiger partial charge in [-0.2, -0.15) is 12.6 Å². The van der Waals surface area contributed by atoms with Gasteiger partial charge in [0.1, 0.15) is 0 Å². The number of unbranched alkanes of at least 4 members (excludes halogenated alkanes) is 1. The van der Waals surface area contributed by atoms with Crippen LogP contribution in [0.15, 0.2) is 12.2 Å². The van der Waals surface area contributed by atoms with Crippen LogP contribution in [0.2, 0.25) is 0 Å². The highest BCUT2D eigenvalue weighted by atomic mass is 32.1. The van der Waals surface area contributed by atoms with Gasteiger partial charge in [0, 0.05) is 12.4 Å². The SMILES string of the molecule is CCCCOCCOCCOCCOC/C=C/CS. The maximum absolute atomic E-state index is 5.37. The summed E-state index contributed by atoms with van der Waals surface area (Å²) in [7, 11) is 0. The van der Waals surface area contributed by atoms with Crippen molar-refractivity contribution in [2.24, 2.45) is 0 Å². The Balaban J connectivity index is 2.93. The highest BCUT2D eigenvalue weighted by Gasteiger charge is 1.91. The predicted molar refractivity (Wildman–Crippen MR) is 81.2 cm³/mol. The Morgan fingerprint density at radius 2 is 1.26 bits per heavy atom. The van der Waals surface area contributed by atoms with Crippen molar-refractivity contribution in [3.8, 4) is 0 Å².